The van der Waals surface area contributed by atoms with Crippen LogP contribution >= 0.6 is 0 Å². The van der Waals surface area contributed by atoms with Crippen LogP contribution in [-0.4, -0.2) is 17.3 Å². The number of hydrogen-bond acceptors (Lipinski definition) is 5. The van der Waals surface area contributed by atoms with E-state index in [4.69, 9.17) is 15.0 Å². The van der Waals surface area contributed by atoms with Crippen molar-refractivity contribution >= 4 is 0 Å². The van der Waals surface area contributed by atoms with Crippen molar-refractivity contribution in [1.29, 1.82) is 0 Å². The first-order valence-corrected chi connectivity index (χ1v) is 5.03. The highest BCUT2D eigenvalue weighted by Crippen LogP contribution is 2.32. The summed E-state index contributed by atoms with van der Waals surface area (Å²) in [6, 6.07) is 2.86. The van der Waals surface area contributed by atoms with Crippen LogP contribution in [0.5, 0.6) is 5.75 Å². The Morgan fingerprint density at radius 1 is 1.47 bits per heavy atom. The molecular weight excluding hydrogens is 225 g/mol. The van der Waals surface area contributed by atoms with Crippen LogP contribution in [0, 0.1) is 12.7 Å². The Balaban J connectivity index is 2.60. The number of halogens is 1. The van der Waals surface area contributed by atoms with Crippen molar-refractivity contribution in [3.63, 3.8) is 0 Å². The van der Waals surface area contributed by atoms with E-state index in [0.29, 0.717) is 22.8 Å². The molecule has 0 bridgehead atoms. The van der Waals surface area contributed by atoms with Gasteiger partial charge in [0.05, 0.1) is 19.2 Å². The monoisotopic (exact) mass is 237 g/mol. The molecule has 0 fully saturated rings. The van der Waals surface area contributed by atoms with E-state index in [1.165, 1.54) is 19.2 Å². The molecule has 17 heavy (non-hydrogen) atoms. The predicted octanol–water partition coefficient (Wildman–Crippen LogP) is 1.65. The fraction of sp³-hybridized carbons (Fsp3) is 0.273. The number of benzene rings is 1. The van der Waals surface area contributed by atoms with Crippen LogP contribution in [0.15, 0.2) is 16.7 Å². The lowest BCUT2D eigenvalue weighted by Crippen LogP contribution is -1.97. The Hall–Kier alpha value is -1.95. The lowest BCUT2D eigenvalue weighted by molar-refractivity contribution is 0.379. The predicted molar refractivity (Wildman–Crippen MR) is 58.9 cm³/mol. The van der Waals surface area contributed by atoms with E-state index < -0.39 is 0 Å². The van der Waals surface area contributed by atoms with Crippen molar-refractivity contribution in [2.45, 2.75) is 13.5 Å². The quantitative estimate of drug-likeness (QED) is 0.878. The highest BCUT2D eigenvalue weighted by molar-refractivity contribution is 5.68. The summed E-state index contributed by atoms with van der Waals surface area (Å²) in [4.78, 5) is 4.06. The van der Waals surface area contributed by atoms with Gasteiger partial charge in [0.25, 0.3) is 0 Å². The number of nitrogens with two attached hydrogens (primary N) is 1. The second-order valence-corrected chi connectivity index (χ2v) is 3.47. The minimum atomic E-state index is -0.347. The van der Waals surface area contributed by atoms with Crippen LogP contribution in [0.2, 0.25) is 0 Å². The third-order valence-corrected chi connectivity index (χ3v) is 2.45. The van der Waals surface area contributed by atoms with E-state index in [9.17, 15) is 4.39 Å². The first-order valence-electron chi connectivity index (χ1n) is 5.03. The van der Waals surface area contributed by atoms with E-state index in [2.05, 4.69) is 10.1 Å². The Bertz CT molecular complexity index is 540. The fourth-order valence-electron chi connectivity index (χ4n) is 1.55. The Morgan fingerprint density at radius 3 is 2.82 bits per heavy atom. The van der Waals surface area contributed by atoms with Crippen molar-refractivity contribution in [3.8, 4) is 17.1 Å². The molecule has 6 heteroatoms. The van der Waals surface area contributed by atoms with Gasteiger partial charge in [0.1, 0.15) is 11.6 Å². The minimum Gasteiger partial charge on any atom is -0.496 e. The summed E-state index contributed by atoms with van der Waals surface area (Å²) in [6.45, 7) is 1.77. The highest BCUT2D eigenvalue weighted by Gasteiger charge is 2.17. The molecule has 0 amide bonds. The maximum Gasteiger partial charge on any atom is 0.240 e. The minimum absolute atomic E-state index is 0.143. The largest absolute Gasteiger partial charge is 0.496 e. The molecule has 2 N–H and O–H groups in total. The highest BCUT2D eigenvalue weighted by atomic mass is 19.1. The third kappa shape index (κ3) is 1.99. The maximum atomic E-state index is 13.5. The van der Waals surface area contributed by atoms with Gasteiger partial charge in [-0.25, -0.2) is 4.39 Å². The first-order chi connectivity index (χ1) is 8.17. The number of hydrogen-bond donors (Lipinski definition) is 1. The molecule has 0 aliphatic rings. The molecule has 5 nitrogen and oxygen atoms in total. The third-order valence-electron chi connectivity index (χ3n) is 2.45. The molecule has 0 aliphatic carbocycles. The summed E-state index contributed by atoms with van der Waals surface area (Å²) in [6.07, 6.45) is 0. The first kappa shape index (κ1) is 11.5. The average Bonchev–Trinajstić information content (AvgIpc) is 2.80. The molecule has 0 saturated carbocycles. The Kier molecular flexibility index (Phi) is 3.06. The van der Waals surface area contributed by atoms with Gasteiger partial charge in [-0.1, -0.05) is 5.16 Å². The molecule has 0 unspecified atom stereocenters. The van der Waals surface area contributed by atoms with Crippen molar-refractivity contribution in [2.24, 2.45) is 5.73 Å². The zero-order valence-corrected chi connectivity index (χ0v) is 9.53. The van der Waals surface area contributed by atoms with E-state index in [-0.39, 0.29) is 18.2 Å². The summed E-state index contributed by atoms with van der Waals surface area (Å²) in [5.74, 6) is 0.721. The number of nitrogens with zero attached hydrogens (tertiary/aromatic N) is 2. The van der Waals surface area contributed by atoms with Gasteiger partial charge < -0.3 is 15.0 Å². The average molecular weight is 237 g/mol. The molecule has 0 atom stereocenters. The van der Waals surface area contributed by atoms with Gasteiger partial charge in [0.15, 0.2) is 0 Å². The Morgan fingerprint density at radius 2 is 2.24 bits per heavy atom. The van der Waals surface area contributed by atoms with E-state index in [0.717, 1.165) is 0 Å². The Labute approximate surface area is 97.4 Å². The molecule has 2 aromatic rings. The fourth-order valence-corrected chi connectivity index (χ4v) is 1.55. The van der Waals surface area contributed by atoms with Gasteiger partial charge >= 0.3 is 0 Å². The van der Waals surface area contributed by atoms with E-state index >= 15 is 0 Å². The molecule has 0 aliphatic heterocycles. The van der Waals surface area contributed by atoms with Gasteiger partial charge in [0, 0.05) is 0 Å². The summed E-state index contributed by atoms with van der Waals surface area (Å²) >= 11 is 0. The van der Waals surface area contributed by atoms with Crippen LogP contribution in [0.4, 0.5) is 4.39 Å². The lowest BCUT2D eigenvalue weighted by atomic mass is 10.1. The lowest BCUT2D eigenvalue weighted by Gasteiger charge is -2.08. The van der Waals surface area contributed by atoms with E-state index in [1.807, 2.05) is 0 Å². The van der Waals surface area contributed by atoms with Gasteiger partial charge in [-0.15, -0.1) is 0 Å². The van der Waals surface area contributed by atoms with Crippen molar-refractivity contribution in [2.75, 3.05) is 7.11 Å². The summed E-state index contributed by atoms with van der Waals surface area (Å²) in [5, 5.41) is 3.76. The van der Waals surface area contributed by atoms with Crippen molar-refractivity contribution in [3.05, 3.63) is 29.4 Å². The smallest absolute Gasteiger partial charge is 0.240 e. The van der Waals surface area contributed by atoms with Gasteiger partial charge in [-0.05, 0) is 24.6 Å². The number of rotatable bonds is 3. The van der Waals surface area contributed by atoms with Gasteiger partial charge in [-0.2, -0.15) is 4.98 Å². The second-order valence-electron chi connectivity index (χ2n) is 3.47. The van der Waals surface area contributed by atoms with Crippen molar-refractivity contribution < 1.29 is 13.7 Å². The number of aromatic nitrogens is 2. The molecule has 1 heterocycles. The van der Waals surface area contributed by atoms with Crippen LogP contribution in [0.25, 0.3) is 11.4 Å². The standard InChI is InChI=1S/C11H12FN3O2/c1-6-7(12)3-4-8(16-2)10(6)11-14-9(5-13)17-15-11/h3-4H,5,13H2,1-2H3. The molecule has 2 rings (SSSR count). The topological polar surface area (TPSA) is 74.2 Å². The van der Waals surface area contributed by atoms with E-state index in [1.54, 1.807) is 6.92 Å². The zero-order valence-electron chi connectivity index (χ0n) is 9.53. The van der Waals surface area contributed by atoms with Crippen LogP contribution in [-0.2, 0) is 6.54 Å². The molecule has 0 radical (unpaired) electrons. The normalized spacial score (nSPS) is 10.6. The van der Waals surface area contributed by atoms with Crippen LogP contribution in [0.3, 0.4) is 0 Å². The second kappa shape index (κ2) is 4.50. The summed E-state index contributed by atoms with van der Waals surface area (Å²) in [7, 11) is 1.50. The van der Waals surface area contributed by atoms with Gasteiger partial charge in [0.2, 0.25) is 11.7 Å². The number of ether oxygens (including phenoxy) is 1. The van der Waals surface area contributed by atoms with Crippen LogP contribution < -0.4 is 10.5 Å². The molecule has 90 valence electrons. The summed E-state index contributed by atoms with van der Waals surface area (Å²) in [5.41, 5.74) is 6.27. The van der Waals surface area contributed by atoms with Crippen molar-refractivity contribution in [1.82, 2.24) is 10.1 Å². The van der Waals surface area contributed by atoms with Crippen LogP contribution in [0.1, 0.15) is 11.5 Å². The molecule has 1 aromatic carbocycles. The maximum absolute atomic E-state index is 13.5. The molecular formula is C11H12FN3O2. The summed E-state index contributed by atoms with van der Waals surface area (Å²) < 4.78 is 23.6. The molecule has 1 aromatic heterocycles. The zero-order chi connectivity index (χ0) is 12.4. The SMILES string of the molecule is COc1ccc(F)c(C)c1-c1noc(CN)n1. The van der Waals surface area contributed by atoms with Gasteiger partial charge in [-0.3, -0.25) is 0 Å². The number of methoxy groups -OCH3 is 1. The molecule has 0 spiro atoms. The molecule has 0 saturated heterocycles.